The summed E-state index contributed by atoms with van der Waals surface area (Å²) in [5.41, 5.74) is 0. The third-order valence-corrected chi connectivity index (χ3v) is 4.50. The van der Waals surface area contributed by atoms with E-state index < -0.39 is 0 Å². The summed E-state index contributed by atoms with van der Waals surface area (Å²) in [6, 6.07) is 0. The highest BCUT2D eigenvalue weighted by molar-refractivity contribution is 4.84. The highest BCUT2D eigenvalue weighted by Crippen LogP contribution is 2.42. The molecule has 0 aliphatic heterocycles. The SMILES string of the molecule is CCC1CC(C)[C@H](C)[C@@H](C)[C@@H]1C. The fourth-order valence-corrected chi connectivity index (χ4v) is 2.87. The first kappa shape index (κ1) is 10.1. The van der Waals surface area contributed by atoms with E-state index in [2.05, 4.69) is 34.6 Å². The van der Waals surface area contributed by atoms with Crippen LogP contribution in [0.3, 0.4) is 0 Å². The molecule has 1 aliphatic rings. The second-order valence-corrected chi connectivity index (χ2v) is 4.96. The lowest BCUT2D eigenvalue weighted by molar-refractivity contribution is 0.0737. The lowest BCUT2D eigenvalue weighted by atomic mass is 9.63. The van der Waals surface area contributed by atoms with Gasteiger partial charge in [0.25, 0.3) is 0 Å². The maximum absolute atomic E-state index is 2.45. The number of rotatable bonds is 1. The smallest absolute Gasteiger partial charge is 0.0386 e. The molecule has 5 atom stereocenters. The van der Waals surface area contributed by atoms with Gasteiger partial charge in [0.1, 0.15) is 0 Å². The molecule has 0 spiro atoms. The van der Waals surface area contributed by atoms with Crippen molar-refractivity contribution in [3.8, 4) is 0 Å². The maximum atomic E-state index is 2.45. The minimum Gasteiger partial charge on any atom is -0.0651 e. The highest BCUT2D eigenvalue weighted by atomic mass is 14.4. The molecule has 1 fully saturated rings. The summed E-state index contributed by atoms with van der Waals surface area (Å²) in [5, 5.41) is 0. The second kappa shape index (κ2) is 3.81. The predicted molar refractivity (Wildman–Crippen MR) is 55.1 cm³/mol. The molecule has 1 aliphatic carbocycles. The van der Waals surface area contributed by atoms with Gasteiger partial charge in [-0.15, -0.1) is 0 Å². The lowest BCUT2D eigenvalue weighted by Gasteiger charge is -2.42. The van der Waals surface area contributed by atoms with E-state index in [1.807, 2.05) is 0 Å². The van der Waals surface area contributed by atoms with Crippen molar-refractivity contribution in [2.24, 2.45) is 29.6 Å². The molecule has 0 heterocycles. The van der Waals surface area contributed by atoms with Gasteiger partial charge in [0.2, 0.25) is 0 Å². The van der Waals surface area contributed by atoms with Crippen LogP contribution in [0, 0.1) is 29.6 Å². The summed E-state index contributed by atoms with van der Waals surface area (Å²) >= 11 is 0. The van der Waals surface area contributed by atoms with Gasteiger partial charge in [-0.05, 0) is 36.0 Å². The first-order valence-corrected chi connectivity index (χ1v) is 5.57. The van der Waals surface area contributed by atoms with Crippen LogP contribution in [0.25, 0.3) is 0 Å². The van der Waals surface area contributed by atoms with Crippen LogP contribution in [0.2, 0.25) is 0 Å². The average molecular weight is 168 g/mol. The minimum atomic E-state index is 0.929. The fourth-order valence-electron chi connectivity index (χ4n) is 2.87. The molecule has 72 valence electrons. The van der Waals surface area contributed by atoms with Gasteiger partial charge in [0, 0.05) is 0 Å². The van der Waals surface area contributed by atoms with E-state index in [4.69, 9.17) is 0 Å². The summed E-state index contributed by atoms with van der Waals surface area (Å²) in [7, 11) is 0. The van der Waals surface area contributed by atoms with E-state index in [0.29, 0.717) is 0 Å². The Bertz CT molecular complexity index is 134. The van der Waals surface area contributed by atoms with Crippen LogP contribution >= 0.6 is 0 Å². The first-order chi connectivity index (χ1) is 5.57. The molecular formula is C12H24. The Hall–Kier alpha value is 0. The van der Waals surface area contributed by atoms with Gasteiger partial charge in [-0.3, -0.25) is 0 Å². The van der Waals surface area contributed by atoms with Crippen molar-refractivity contribution in [2.45, 2.75) is 47.5 Å². The zero-order chi connectivity index (χ0) is 9.30. The first-order valence-electron chi connectivity index (χ1n) is 5.57. The molecule has 0 N–H and O–H groups in total. The van der Waals surface area contributed by atoms with Crippen LogP contribution in [0.1, 0.15) is 47.5 Å². The van der Waals surface area contributed by atoms with Gasteiger partial charge in [-0.1, -0.05) is 41.0 Å². The van der Waals surface area contributed by atoms with E-state index in [1.165, 1.54) is 12.8 Å². The monoisotopic (exact) mass is 168 g/mol. The fraction of sp³-hybridized carbons (Fsp3) is 1.00. The quantitative estimate of drug-likeness (QED) is 0.556. The van der Waals surface area contributed by atoms with E-state index >= 15 is 0 Å². The third-order valence-electron chi connectivity index (χ3n) is 4.50. The largest absolute Gasteiger partial charge is 0.0651 e. The van der Waals surface area contributed by atoms with Crippen molar-refractivity contribution in [1.29, 1.82) is 0 Å². The zero-order valence-corrected chi connectivity index (χ0v) is 9.30. The molecule has 1 rings (SSSR count). The zero-order valence-electron chi connectivity index (χ0n) is 9.30. The Balaban J connectivity index is 2.63. The van der Waals surface area contributed by atoms with Crippen LogP contribution in [-0.2, 0) is 0 Å². The molecule has 0 radical (unpaired) electrons. The van der Waals surface area contributed by atoms with Crippen molar-refractivity contribution in [2.75, 3.05) is 0 Å². The topological polar surface area (TPSA) is 0 Å². The molecule has 12 heavy (non-hydrogen) atoms. The van der Waals surface area contributed by atoms with Gasteiger partial charge < -0.3 is 0 Å². The highest BCUT2D eigenvalue weighted by Gasteiger charge is 2.34. The van der Waals surface area contributed by atoms with Crippen LogP contribution in [0.5, 0.6) is 0 Å². The lowest BCUT2D eigenvalue weighted by Crippen LogP contribution is -2.34. The Morgan fingerprint density at radius 3 is 2.00 bits per heavy atom. The standard InChI is InChI=1S/C12H24/c1-6-12-7-8(2)9(3)10(4)11(12)5/h8-12H,6-7H2,1-5H3/t8?,9-,10+,11-,12?/m0/s1. The summed E-state index contributed by atoms with van der Waals surface area (Å²) < 4.78 is 0. The molecule has 0 amide bonds. The predicted octanol–water partition coefficient (Wildman–Crippen LogP) is 3.96. The Morgan fingerprint density at radius 2 is 1.50 bits per heavy atom. The molecule has 0 saturated heterocycles. The Kier molecular flexibility index (Phi) is 3.20. The van der Waals surface area contributed by atoms with Crippen LogP contribution in [0.15, 0.2) is 0 Å². The summed E-state index contributed by atoms with van der Waals surface area (Å²) in [6.45, 7) is 12.1. The van der Waals surface area contributed by atoms with Crippen molar-refractivity contribution in [3.05, 3.63) is 0 Å². The van der Waals surface area contributed by atoms with Gasteiger partial charge in [-0.2, -0.15) is 0 Å². The average Bonchev–Trinajstić information content (AvgIpc) is 2.08. The molecule has 0 heteroatoms. The van der Waals surface area contributed by atoms with E-state index in [1.54, 1.807) is 0 Å². The number of hydrogen-bond donors (Lipinski definition) is 0. The van der Waals surface area contributed by atoms with Gasteiger partial charge >= 0.3 is 0 Å². The summed E-state index contributed by atoms with van der Waals surface area (Å²) in [4.78, 5) is 0. The van der Waals surface area contributed by atoms with E-state index in [9.17, 15) is 0 Å². The molecule has 0 aromatic carbocycles. The normalized spacial score (nSPS) is 49.2. The van der Waals surface area contributed by atoms with E-state index in [-0.39, 0.29) is 0 Å². The second-order valence-electron chi connectivity index (χ2n) is 4.96. The van der Waals surface area contributed by atoms with Gasteiger partial charge in [0.15, 0.2) is 0 Å². The molecule has 1 saturated carbocycles. The van der Waals surface area contributed by atoms with Crippen molar-refractivity contribution < 1.29 is 0 Å². The molecular weight excluding hydrogens is 144 g/mol. The Morgan fingerprint density at radius 1 is 0.917 bits per heavy atom. The summed E-state index contributed by atoms with van der Waals surface area (Å²) in [5.74, 6) is 4.75. The van der Waals surface area contributed by atoms with Crippen LogP contribution < -0.4 is 0 Å². The number of hydrogen-bond acceptors (Lipinski definition) is 0. The molecule has 2 unspecified atom stereocenters. The van der Waals surface area contributed by atoms with Gasteiger partial charge in [0.05, 0.1) is 0 Å². The molecule has 0 aromatic rings. The Labute approximate surface area is 77.7 Å². The van der Waals surface area contributed by atoms with Crippen molar-refractivity contribution in [3.63, 3.8) is 0 Å². The molecule has 0 bridgehead atoms. The van der Waals surface area contributed by atoms with Crippen LogP contribution in [0.4, 0.5) is 0 Å². The van der Waals surface area contributed by atoms with Crippen molar-refractivity contribution >= 4 is 0 Å². The van der Waals surface area contributed by atoms with Crippen molar-refractivity contribution in [1.82, 2.24) is 0 Å². The molecule has 0 nitrogen and oxygen atoms in total. The maximum Gasteiger partial charge on any atom is -0.0386 e. The van der Waals surface area contributed by atoms with Gasteiger partial charge in [-0.25, -0.2) is 0 Å². The van der Waals surface area contributed by atoms with E-state index in [0.717, 1.165) is 29.6 Å². The molecule has 0 aromatic heterocycles. The summed E-state index contributed by atoms with van der Waals surface area (Å²) in [6.07, 6.45) is 2.84. The minimum absolute atomic E-state index is 0.929. The third kappa shape index (κ3) is 1.67. The van der Waals surface area contributed by atoms with Crippen LogP contribution in [-0.4, -0.2) is 0 Å².